The molecule has 4 amide bonds. The molecular weight excluding hydrogens is 454 g/mol. The van der Waals surface area contributed by atoms with Crippen LogP contribution in [0.4, 0.5) is 17.1 Å². The lowest BCUT2D eigenvalue weighted by Crippen LogP contribution is -2.33. The fourth-order valence-corrected chi connectivity index (χ4v) is 4.76. The van der Waals surface area contributed by atoms with Gasteiger partial charge in [-0.3, -0.25) is 19.2 Å². The van der Waals surface area contributed by atoms with Gasteiger partial charge in [-0.15, -0.1) is 0 Å². The first-order valence-corrected chi connectivity index (χ1v) is 11.8. The summed E-state index contributed by atoms with van der Waals surface area (Å²) in [5.74, 6) is -1.93. The Balaban J connectivity index is 1.31. The molecule has 2 aliphatic rings. The van der Waals surface area contributed by atoms with Crippen molar-refractivity contribution in [1.82, 2.24) is 0 Å². The lowest BCUT2D eigenvalue weighted by molar-refractivity contribution is -0.122. The summed E-state index contributed by atoms with van der Waals surface area (Å²) in [7, 11) is 0. The van der Waals surface area contributed by atoms with E-state index in [9.17, 15) is 19.2 Å². The highest BCUT2D eigenvalue weighted by Gasteiger charge is 2.49. The van der Waals surface area contributed by atoms with Crippen LogP contribution in [-0.4, -0.2) is 23.6 Å². The first-order valence-electron chi connectivity index (χ1n) is 11.8. The van der Waals surface area contributed by atoms with Crippen LogP contribution in [0.3, 0.4) is 0 Å². The van der Waals surface area contributed by atoms with Crippen molar-refractivity contribution < 1.29 is 19.2 Å². The molecule has 5 rings (SSSR count). The lowest BCUT2D eigenvalue weighted by Gasteiger charge is -2.19. The Morgan fingerprint density at radius 3 is 2.03 bits per heavy atom. The van der Waals surface area contributed by atoms with Crippen LogP contribution in [0.15, 0.2) is 90.5 Å². The van der Waals surface area contributed by atoms with Gasteiger partial charge in [0.1, 0.15) is 0 Å². The number of carbonyl (C=O) groups is 4. The molecule has 2 atom stereocenters. The molecule has 3 aromatic rings. The molecule has 1 aliphatic heterocycles. The zero-order chi connectivity index (χ0) is 25.2. The molecule has 0 spiro atoms. The number of nitrogens with one attached hydrogen (secondary N) is 2. The molecule has 1 heterocycles. The predicted molar refractivity (Wildman–Crippen MR) is 138 cm³/mol. The number of rotatable bonds is 5. The van der Waals surface area contributed by atoms with Gasteiger partial charge < -0.3 is 10.6 Å². The molecule has 1 fully saturated rings. The number of allylic oxidation sites excluding steroid dienone is 2. The van der Waals surface area contributed by atoms with Gasteiger partial charge in [0.15, 0.2) is 0 Å². The van der Waals surface area contributed by atoms with Crippen molar-refractivity contribution in [3.05, 3.63) is 102 Å². The number of imide groups is 1. The molecule has 36 heavy (non-hydrogen) atoms. The summed E-state index contributed by atoms with van der Waals surface area (Å²) in [5.41, 5.74) is 3.28. The van der Waals surface area contributed by atoms with Crippen molar-refractivity contribution in [1.29, 1.82) is 0 Å². The highest BCUT2D eigenvalue weighted by Crippen LogP contribution is 2.40. The number of para-hydroxylation sites is 1. The van der Waals surface area contributed by atoms with Crippen LogP contribution in [0.5, 0.6) is 0 Å². The van der Waals surface area contributed by atoms with Crippen molar-refractivity contribution in [3.63, 3.8) is 0 Å². The summed E-state index contributed by atoms with van der Waals surface area (Å²) >= 11 is 0. The van der Waals surface area contributed by atoms with E-state index in [1.165, 1.54) is 4.90 Å². The first kappa shape index (κ1) is 23.2. The number of hydrogen-bond donors (Lipinski definition) is 2. The minimum absolute atomic E-state index is 0.229. The summed E-state index contributed by atoms with van der Waals surface area (Å²) in [5, 5.41) is 5.64. The smallest absolute Gasteiger partial charge is 0.257 e. The van der Waals surface area contributed by atoms with E-state index in [-0.39, 0.29) is 35.1 Å². The topological polar surface area (TPSA) is 95.6 Å². The van der Waals surface area contributed by atoms with Crippen molar-refractivity contribution >= 4 is 40.7 Å². The average molecular weight is 480 g/mol. The second kappa shape index (κ2) is 9.62. The molecule has 0 radical (unpaired) electrons. The Morgan fingerprint density at radius 2 is 1.33 bits per heavy atom. The van der Waals surface area contributed by atoms with E-state index in [0.717, 1.165) is 5.57 Å². The van der Waals surface area contributed by atoms with E-state index in [2.05, 4.69) is 10.6 Å². The van der Waals surface area contributed by atoms with Crippen molar-refractivity contribution in [2.75, 3.05) is 15.5 Å². The number of benzene rings is 3. The van der Waals surface area contributed by atoms with Crippen LogP contribution in [0, 0.1) is 11.8 Å². The van der Waals surface area contributed by atoms with Crippen LogP contribution < -0.4 is 15.5 Å². The summed E-state index contributed by atoms with van der Waals surface area (Å²) in [4.78, 5) is 53.0. The maximum absolute atomic E-state index is 13.2. The average Bonchev–Trinajstić information content (AvgIpc) is 3.14. The fraction of sp³-hybridized carbons (Fsp3) is 0.172. The van der Waals surface area contributed by atoms with Gasteiger partial charge >= 0.3 is 0 Å². The van der Waals surface area contributed by atoms with Crippen LogP contribution in [-0.2, 0) is 9.59 Å². The highest BCUT2D eigenvalue weighted by molar-refractivity contribution is 6.25. The minimum atomic E-state index is -0.434. The number of fused-ring (bicyclic) bond motifs is 1. The molecule has 0 unspecified atom stereocenters. The van der Waals surface area contributed by atoms with E-state index in [4.69, 9.17) is 0 Å². The monoisotopic (exact) mass is 479 g/mol. The van der Waals surface area contributed by atoms with E-state index in [1.807, 2.05) is 19.1 Å². The van der Waals surface area contributed by atoms with Crippen LogP contribution >= 0.6 is 0 Å². The second-order valence-corrected chi connectivity index (χ2v) is 9.08. The third-order valence-corrected chi connectivity index (χ3v) is 6.65. The number of amides is 4. The zero-order valence-corrected chi connectivity index (χ0v) is 19.7. The molecule has 180 valence electrons. The van der Waals surface area contributed by atoms with Crippen LogP contribution in [0.1, 0.15) is 40.5 Å². The fourth-order valence-electron chi connectivity index (χ4n) is 4.76. The van der Waals surface area contributed by atoms with Gasteiger partial charge in [-0.1, -0.05) is 42.0 Å². The number of hydrogen-bond acceptors (Lipinski definition) is 4. The number of carbonyl (C=O) groups excluding carboxylic acids is 4. The molecular formula is C29H25N3O4. The molecule has 7 heteroatoms. The SMILES string of the molecule is CC1=CC[C@H]2C(=O)N(c3ccccc3C(=O)Nc3ccc(NC(=O)c4ccccc4)cc3)C(=O)[C@@H]2C1. The maximum Gasteiger partial charge on any atom is 0.257 e. The molecule has 3 aromatic carbocycles. The van der Waals surface area contributed by atoms with E-state index in [0.29, 0.717) is 35.5 Å². The van der Waals surface area contributed by atoms with E-state index < -0.39 is 5.91 Å². The summed E-state index contributed by atoms with van der Waals surface area (Å²) in [6, 6.07) is 22.3. The Hall–Kier alpha value is -4.52. The van der Waals surface area contributed by atoms with Crippen LogP contribution in [0.2, 0.25) is 0 Å². The van der Waals surface area contributed by atoms with Crippen LogP contribution in [0.25, 0.3) is 0 Å². The zero-order valence-electron chi connectivity index (χ0n) is 19.7. The van der Waals surface area contributed by atoms with Crippen molar-refractivity contribution in [2.24, 2.45) is 11.8 Å². The van der Waals surface area contributed by atoms with Gasteiger partial charge in [-0.05, 0) is 68.3 Å². The maximum atomic E-state index is 13.2. The van der Waals surface area contributed by atoms with Gasteiger partial charge in [0.2, 0.25) is 11.8 Å². The Bertz CT molecular complexity index is 1380. The Labute approximate surface area is 208 Å². The first-order chi connectivity index (χ1) is 17.4. The third kappa shape index (κ3) is 4.43. The minimum Gasteiger partial charge on any atom is -0.322 e. The standard InChI is InChI=1S/C29H25N3O4/c1-18-11-16-22-24(17-18)29(36)32(28(22)35)25-10-6-5-9-23(25)27(34)31-21-14-12-20(13-15-21)30-26(33)19-7-3-2-4-8-19/h2-15,22,24H,16-17H2,1H3,(H,30,33)(H,31,34)/t22-,24-/m1/s1. The molecule has 2 N–H and O–H groups in total. The van der Waals surface area contributed by atoms with Gasteiger partial charge in [0, 0.05) is 16.9 Å². The van der Waals surface area contributed by atoms with Gasteiger partial charge in [-0.2, -0.15) is 0 Å². The molecule has 0 bridgehead atoms. The van der Waals surface area contributed by atoms with Crippen molar-refractivity contribution in [2.45, 2.75) is 19.8 Å². The largest absolute Gasteiger partial charge is 0.322 e. The van der Waals surface area contributed by atoms with Gasteiger partial charge in [0.05, 0.1) is 23.1 Å². The summed E-state index contributed by atoms with van der Waals surface area (Å²) in [6.45, 7) is 1.97. The molecule has 0 saturated carbocycles. The Kier molecular flexibility index (Phi) is 6.21. The number of anilines is 3. The normalized spacial score (nSPS) is 18.9. The molecule has 7 nitrogen and oxygen atoms in total. The predicted octanol–water partition coefficient (Wildman–Crippen LogP) is 5.04. The van der Waals surface area contributed by atoms with E-state index in [1.54, 1.807) is 72.8 Å². The lowest BCUT2D eigenvalue weighted by atomic mass is 9.82. The molecule has 1 aliphatic carbocycles. The molecule has 1 saturated heterocycles. The summed E-state index contributed by atoms with van der Waals surface area (Å²) in [6.07, 6.45) is 3.12. The second-order valence-electron chi connectivity index (χ2n) is 9.08. The Morgan fingerprint density at radius 1 is 0.750 bits per heavy atom. The third-order valence-electron chi connectivity index (χ3n) is 6.65. The quantitative estimate of drug-likeness (QED) is 0.396. The van der Waals surface area contributed by atoms with Gasteiger partial charge in [0.25, 0.3) is 11.8 Å². The summed E-state index contributed by atoms with van der Waals surface area (Å²) < 4.78 is 0. The van der Waals surface area contributed by atoms with E-state index >= 15 is 0 Å². The van der Waals surface area contributed by atoms with Gasteiger partial charge in [-0.25, -0.2) is 4.90 Å². The molecule has 0 aromatic heterocycles. The number of nitrogens with zero attached hydrogens (tertiary/aromatic N) is 1. The highest BCUT2D eigenvalue weighted by atomic mass is 16.2. The van der Waals surface area contributed by atoms with Crippen molar-refractivity contribution in [3.8, 4) is 0 Å².